The van der Waals surface area contributed by atoms with Crippen LogP contribution in [0.1, 0.15) is 12.5 Å². The van der Waals surface area contributed by atoms with Crippen molar-refractivity contribution in [3.8, 4) is 0 Å². The van der Waals surface area contributed by atoms with Crippen LogP contribution in [-0.2, 0) is 0 Å². The highest BCUT2D eigenvalue weighted by molar-refractivity contribution is 9.10. The van der Waals surface area contributed by atoms with Gasteiger partial charge in [-0.25, -0.2) is 0 Å². The summed E-state index contributed by atoms with van der Waals surface area (Å²) in [6.07, 6.45) is 0. The predicted molar refractivity (Wildman–Crippen MR) is 75.4 cm³/mol. The Hall–Kier alpha value is -0.870. The number of piperazine rings is 1. The van der Waals surface area contributed by atoms with Crippen LogP contribution in [0.15, 0.2) is 33.8 Å². The summed E-state index contributed by atoms with van der Waals surface area (Å²) < 4.78 is 1.11. The number of likely N-dealkylation sites (N-methyl/N-ethyl adjacent to an activating group) is 1. The summed E-state index contributed by atoms with van der Waals surface area (Å²) in [5.41, 5.74) is 2.27. The number of hydrogen-bond acceptors (Lipinski definition) is 3. The van der Waals surface area contributed by atoms with Gasteiger partial charge in [0.2, 0.25) is 0 Å². The lowest BCUT2D eigenvalue weighted by Crippen LogP contribution is -2.42. The van der Waals surface area contributed by atoms with Gasteiger partial charge >= 0.3 is 0 Å². The molecule has 0 radical (unpaired) electrons. The molecule has 0 unspecified atom stereocenters. The molecule has 1 saturated heterocycles. The van der Waals surface area contributed by atoms with Crippen LogP contribution in [0.5, 0.6) is 0 Å². The lowest BCUT2D eigenvalue weighted by molar-refractivity contribution is 0.159. The summed E-state index contributed by atoms with van der Waals surface area (Å²) in [6.45, 7) is 6.30. The smallest absolute Gasteiger partial charge is 0.0646 e. The third-order valence-corrected chi connectivity index (χ3v) is 3.56. The van der Waals surface area contributed by atoms with Crippen molar-refractivity contribution in [1.29, 1.82) is 0 Å². The van der Waals surface area contributed by atoms with Crippen molar-refractivity contribution < 1.29 is 0 Å². The highest BCUT2D eigenvalue weighted by Crippen LogP contribution is 2.12. The van der Waals surface area contributed by atoms with E-state index in [1.54, 1.807) is 0 Å². The average Bonchev–Trinajstić information content (AvgIpc) is 2.33. The standard InChI is InChI=1S/C13H18BrN3/c1-11(12-3-5-13(14)6-4-12)15-17-9-7-16(2)8-10-17/h3-6H,7-10H2,1-2H3/b15-11+. The Labute approximate surface area is 111 Å². The number of hydrazone groups is 1. The van der Waals surface area contributed by atoms with Crippen molar-refractivity contribution in [3.63, 3.8) is 0 Å². The molecular weight excluding hydrogens is 278 g/mol. The Bertz CT molecular complexity index is 392. The predicted octanol–water partition coefficient (Wildman–Crippen LogP) is 2.42. The van der Waals surface area contributed by atoms with E-state index in [0.29, 0.717) is 0 Å². The third-order valence-electron chi connectivity index (χ3n) is 3.03. The van der Waals surface area contributed by atoms with Crippen molar-refractivity contribution in [2.24, 2.45) is 5.10 Å². The first kappa shape index (κ1) is 12.6. The normalized spacial score (nSPS) is 18.5. The van der Waals surface area contributed by atoms with E-state index in [-0.39, 0.29) is 0 Å². The van der Waals surface area contributed by atoms with Gasteiger partial charge in [0.25, 0.3) is 0 Å². The maximum Gasteiger partial charge on any atom is 0.0646 e. The van der Waals surface area contributed by atoms with Crippen molar-refractivity contribution >= 4 is 21.6 Å². The van der Waals surface area contributed by atoms with E-state index >= 15 is 0 Å². The Kier molecular flexibility index (Phi) is 4.18. The van der Waals surface area contributed by atoms with E-state index in [4.69, 9.17) is 0 Å². The second-order valence-electron chi connectivity index (χ2n) is 4.45. The maximum absolute atomic E-state index is 4.68. The van der Waals surface area contributed by atoms with Gasteiger partial charge in [0.1, 0.15) is 0 Å². The number of rotatable bonds is 2. The summed E-state index contributed by atoms with van der Waals surface area (Å²) in [5.74, 6) is 0. The minimum atomic E-state index is 1.02. The highest BCUT2D eigenvalue weighted by atomic mass is 79.9. The van der Waals surface area contributed by atoms with Gasteiger partial charge < -0.3 is 4.90 Å². The van der Waals surface area contributed by atoms with Crippen LogP contribution in [0.25, 0.3) is 0 Å². The molecule has 17 heavy (non-hydrogen) atoms. The van der Waals surface area contributed by atoms with Crippen molar-refractivity contribution in [3.05, 3.63) is 34.3 Å². The fraction of sp³-hybridized carbons (Fsp3) is 0.462. The molecule has 3 nitrogen and oxygen atoms in total. The quantitative estimate of drug-likeness (QED) is 0.781. The van der Waals surface area contributed by atoms with Gasteiger partial charge in [0.05, 0.1) is 5.71 Å². The topological polar surface area (TPSA) is 18.8 Å². The van der Waals surface area contributed by atoms with Gasteiger partial charge in [-0.15, -0.1) is 0 Å². The molecule has 92 valence electrons. The number of benzene rings is 1. The summed E-state index contributed by atoms with van der Waals surface area (Å²) in [4.78, 5) is 2.33. The third kappa shape index (κ3) is 3.54. The highest BCUT2D eigenvalue weighted by Gasteiger charge is 2.11. The Morgan fingerprint density at radius 2 is 1.71 bits per heavy atom. The van der Waals surface area contributed by atoms with Crippen molar-refractivity contribution in [2.45, 2.75) is 6.92 Å². The lowest BCUT2D eigenvalue weighted by atomic mass is 10.1. The average molecular weight is 296 g/mol. The Balaban J connectivity index is 2.03. The summed E-state index contributed by atoms with van der Waals surface area (Å²) in [6, 6.07) is 8.30. The lowest BCUT2D eigenvalue weighted by Gasteiger charge is -2.30. The van der Waals surface area contributed by atoms with E-state index in [0.717, 1.165) is 36.4 Å². The molecule has 0 spiro atoms. The van der Waals surface area contributed by atoms with E-state index in [9.17, 15) is 0 Å². The molecule has 0 aliphatic carbocycles. The molecule has 0 amide bonds. The molecule has 0 N–H and O–H groups in total. The summed E-state index contributed by atoms with van der Waals surface area (Å²) in [5, 5.41) is 6.84. The van der Waals surface area contributed by atoms with Crippen LogP contribution in [0.3, 0.4) is 0 Å². The van der Waals surface area contributed by atoms with Crippen LogP contribution in [-0.4, -0.2) is 48.8 Å². The van der Waals surface area contributed by atoms with Crippen molar-refractivity contribution in [2.75, 3.05) is 33.2 Å². The van der Waals surface area contributed by atoms with Crippen LogP contribution < -0.4 is 0 Å². The van der Waals surface area contributed by atoms with E-state index in [2.05, 4.69) is 69.2 Å². The molecule has 0 aromatic heterocycles. The zero-order chi connectivity index (χ0) is 12.3. The first-order chi connectivity index (χ1) is 8.15. The van der Waals surface area contributed by atoms with Crippen LogP contribution >= 0.6 is 15.9 Å². The largest absolute Gasteiger partial charge is 0.303 e. The zero-order valence-corrected chi connectivity index (χ0v) is 11.9. The van der Waals surface area contributed by atoms with Gasteiger partial charge in [0, 0.05) is 30.7 Å². The molecule has 1 aliphatic heterocycles. The van der Waals surface area contributed by atoms with Crippen LogP contribution in [0.4, 0.5) is 0 Å². The molecule has 1 aromatic carbocycles. The SMILES string of the molecule is C/C(=N\N1CCN(C)CC1)c1ccc(Br)cc1. The molecule has 2 rings (SSSR count). The van der Waals surface area contributed by atoms with E-state index < -0.39 is 0 Å². The Morgan fingerprint density at radius 1 is 1.12 bits per heavy atom. The number of nitrogens with zero attached hydrogens (tertiary/aromatic N) is 3. The van der Waals surface area contributed by atoms with Gasteiger partial charge in [0.15, 0.2) is 0 Å². The van der Waals surface area contributed by atoms with Gasteiger partial charge in [-0.1, -0.05) is 28.1 Å². The van der Waals surface area contributed by atoms with Crippen LogP contribution in [0.2, 0.25) is 0 Å². The van der Waals surface area contributed by atoms with Crippen LogP contribution in [0, 0.1) is 0 Å². The fourth-order valence-electron chi connectivity index (χ4n) is 1.86. The monoisotopic (exact) mass is 295 g/mol. The fourth-order valence-corrected chi connectivity index (χ4v) is 2.12. The molecular formula is C13H18BrN3. The first-order valence-corrected chi connectivity index (χ1v) is 6.69. The van der Waals surface area contributed by atoms with E-state index in [1.165, 1.54) is 5.56 Å². The second-order valence-corrected chi connectivity index (χ2v) is 5.36. The van der Waals surface area contributed by atoms with Gasteiger partial charge in [-0.2, -0.15) is 5.10 Å². The van der Waals surface area contributed by atoms with Gasteiger partial charge in [-0.05, 0) is 31.7 Å². The van der Waals surface area contributed by atoms with Crippen molar-refractivity contribution in [1.82, 2.24) is 9.91 Å². The molecule has 1 aromatic rings. The molecule has 1 fully saturated rings. The number of hydrogen-bond donors (Lipinski definition) is 0. The minimum absolute atomic E-state index is 1.02. The summed E-state index contributed by atoms with van der Waals surface area (Å²) in [7, 11) is 2.16. The molecule has 1 aliphatic rings. The van der Waals surface area contributed by atoms with E-state index in [1.807, 2.05) is 0 Å². The zero-order valence-electron chi connectivity index (χ0n) is 10.4. The summed E-state index contributed by atoms with van der Waals surface area (Å²) >= 11 is 3.44. The molecule has 4 heteroatoms. The second kappa shape index (κ2) is 5.65. The number of halogens is 1. The van der Waals surface area contributed by atoms with Gasteiger partial charge in [-0.3, -0.25) is 5.01 Å². The maximum atomic E-state index is 4.68. The molecule has 0 saturated carbocycles. The molecule has 0 bridgehead atoms. The minimum Gasteiger partial charge on any atom is -0.303 e. The molecule has 0 atom stereocenters. The Morgan fingerprint density at radius 3 is 2.29 bits per heavy atom. The first-order valence-electron chi connectivity index (χ1n) is 5.90. The molecule has 1 heterocycles.